The summed E-state index contributed by atoms with van der Waals surface area (Å²) in [6.45, 7) is 0. The first-order chi connectivity index (χ1) is 10.3. The number of para-hydroxylation sites is 1. The van der Waals surface area contributed by atoms with E-state index in [1.165, 1.54) is 31.4 Å². The molecule has 22 heavy (non-hydrogen) atoms. The van der Waals surface area contributed by atoms with Crippen molar-refractivity contribution in [1.29, 1.82) is 0 Å². The molecule has 0 aliphatic carbocycles. The molecule has 2 aromatic rings. The summed E-state index contributed by atoms with van der Waals surface area (Å²) in [6, 6.07) is 10.2. The summed E-state index contributed by atoms with van der Waals surface area (Å²) < 4.78 is 31.6. The van der Waals surface area contributed by atoms with E-state index in [0.717, 1.165) is 0 Å². The monoisotopic (exact) mass is 359 g/mol. The van der Waals surface area contributed by atoms with Crippen molar-refractivity contribution in [2.45, 2.75) is 4.90 Å². The van der Waals surface area contributed by atoms with Gasteiger partial charge in [-0.3, -0.25) is 4.72 Å². The highest BCUT2D eigenvalue weighted by Gasteiger charge is 2.20. The summed E-state index contributed by atoms with van der Waals surface area (Å²) in [6.07, 6.45) is 0. The van der Waals surface area contributed by atoms with Gasteiger partial charge in [-0.15, -0.1) is 0 Å². The number of nitrogens with one attached hydrogen (secondary N) is 1. The minimum Gasteiger partial charge on any atom is -0.465 e. The van der Waals surface area contributed by atoms with Crippen molar-refractivity contribution in [1.82, 2.24) is 0 Å². The molecule has 0 unspecified atom stereocenters. The molecule has 0 saturated heterocycles. The zero-order chi connectivity index (χ0) is 16.3. The number of ether oxygens (including phenoxy) is 1. The number of benzene rings is 2. The Bertz CT molecular complexity index is 821. The maximum Gasteiger partial charge on any atom is 0.337 e. The van der Waals surface area contributed by atoms with Gasteiger partial charge in [0.15, 0.2) is 0 Å². The van der Waals surface area contributed by atoms with Crippen LogP contribution >= 0.6 is 23.2 Å². The number of methoxy groups -OCH3 is 1. The predicted octanol–water partition coefficient (Wildman–Crippen LogP) is 3.58. The largest absolute Gasteiger partial charge is 0.465 e. The van der Waals surface area contributed by atoms with Crippen LogP contribution in [0.4, 0.5) is 5.69 Å². The number of esters is 1. The number of hydrogen-bond donors (Lipinski definition) is 1. The summed E-state index contributed by atoms with van der Waals surface area (Å²) >= 11 is 11.9. The van der Waals surface area contributed by atoms with E-state index in [2.05, 4.69) is 9.46 Å². The van der Waals surface area contributed by atoms with Gasteiger partial charge in [0.1, 0.15) is 4.90 Å². The number of anilines is 1. The molecule has 116 valence electrons. The molecule has 0 aromatic heterocycles. The zero-order valence-corrected chi connectivity index (χ0v) is 13.7. The fourth-order valence-electron chi connectivity index (χ4n) is 1.71. The third-order valence-corrected chi connectivity index (χ3v) is 4.94. The molecule has 8 heteroatoms. The molecule has 0 atom stereocenters. The van der Waals surface area contributed by atoms with E-state index >= 15 is 0 Å². The second kappa shape index (κ2) is 6.56. The van der Waals surface area contributed by atoms with E-state index in [1.807, 2.05) is 0 Å². The fraction of sp³-hybridized carbons (Fsp3) is 0.0714. The van der Waals surface area contributed by atoms with E-state index in [4.69, 9.17) is 23.2 Å². The van der Waals surface area contributed by atoms with Crippen molar-refractivity contribution >= 4 is 44.9 Å². The van der Waals surface area contributed by atoms with Crippen LogP contribution < -0.4 is 4.72 Å². The van der Waals surface area contributed by atoms with Crippen LogP contribution in [-0.2, 0) is 14.8 Å². The molecule has 0 radical (unpaired) electrons. The summed E-state index contributed by atoms with van der Waals surface area (Å²) in [4.78, 5) is 11.2. The van der Waals surface area contributed by atoms with Crippen molar-refractivity contribution in [2.75, 3.05) is 11.8 Å². The zero-order valence-electron chi connectivity index (χ0n) is 11.3. The summed E-state index contributed by atoms with van der Waals surface area (Å²) in [7, 11) is -2.71. The maximum atomic E-state index is 12.4. The molecule has 0 bridgehead atoms. The number of carbonyl (C=O) groups excluding carboxylic acids is 1. The molecular weight excluding hydrogens is 349 g/mol. The average Bonchev–Trinajstić information content (AvgIpc) is 2.48. The van der Waals surface area contributed by atoms with Crippen molar-refractivity contribution in [2.24, 2.45) is 0 Å². The molecule has 0 heterocycles. The number of hydrogen-bond acceptors (Lipinski definition) is 4. The van der Waals surface area contributed by atoms with Gasteiger partial charge in [-0.1, -0.05) is 35.3 Å². The molecule has 0 amide bonds. The first-order valence-corrected chi connectivity index (χ1v) is 8.24. The van der Waals surface area contributed by atoms with Crippen LogP contribution in [0, 0.1) is 0 Å². The first-order valence-electron chi connectivity index (χ1n) is 6.00. The standard InChI is InChI=1S/C14H11Cl2NO4S/c1-21-14(18)9-6-7-13(11(16)8-9)22(19,20)17-12-5-3-2-4-10(12)15/h2-8,17H,1H3. The number of carbonyl (C=O) groups is 1. The molecule has 0 fully saturated rings. The quantitative estimate of drug-likeness (QED) is 0.846. The summed E-state index contributed by atoms with van der Waals surface area (Å²) in [5.41, 5.74) is 0.390. The lowest BCUT2D eigenvalue weighted by molar-refractivity contribution is 0.0600. The van der Waals surface area contributed by atoms with Crippen LogP contribution in [-0.4, -0.2) is 21.5 Å². The van der Waals surface area contributed by atoms with Crippen LogP contribution in [0.25, 0.3) is 0 Å². The van der Waals surface area contributed by atoms with Gasteiger partial charge in [0.05, 0.1) is 28.4 Å². The molecule has 0 spiro atoms. The molecule has 1 N–H and O–H groups in total. The number of rotatable bonds is 4. The number of sulfonamides is 1. The van der Waals surface area contributed by atoms with Gasteiger partial charge in [-0.2, -0.15) is 0 Å². The third-order valence-electron chi connectivity index (χ3n) is 2.76. The highest BCUT2D eigenvalue weighted by Crippen LogP contribution is 2.28. The third kappa shape index (κ3) is 3.52. The fourth-order valence-corrected chi connectivity index (χ4v) is 3.57. The smallest absolute Gasteiger partial charge is 0.337 e. The minimum atomic E-state index is -3.93. The van der Waals surface area contributed by atoms with E-state index < -0.39 is 16.0 Å². The first kappa shape index (κ1) is 16.6. The van der Waals surface area contributed by atoms with E-state index in [9.17, 15) is 13.2 Å². The Kier molecular flexibility index (Phi) is 4.95. The maximum absolute atomic E-state index is 12.4. The van der Waals surface area contributed by atoms with Gasteiger partial charge in [-0.25, -0.2) is 13.2 Å². The van der Waals surface area contributed by atoms with Gasteiger partial charge < -0.3 is 4.74 Å². The highest BCUT2D eigenvalue weighted by atomic mass is 35.5. The molecule has 0 saturated carbocycles. The Labute approximate surface area is 137 Å². The molecule has 5 nitrogen and oxygen atoms in total. The lowest BCUT2D eigenvalue weighted by Gasteiger charge is -2.11. The van der Waals surface area contributed by atoms with E-state index in [0.29, 0.717) is 0 Å². The predicted molar refractivity (Wildman–Crippen MR) is 85.1 cm³/mol. The van der Waals surface area contributed by atoms with Gasteiger partial charge in [0, 0.05) is 0 Å². The highest BCUT2D eigenvalue weighted by molar-refractivity contribution is 7.92. The normalized spacial score (nSPS) is 11.0. The van der Waals surface area contributed by atoms with E-state index in [-0.39, 0.29) is 26.2 Å². The van der Waals surface area contributed by atoms with E-state index in [1.54, 1.807) is 18.2 Å². The Hall–Kier alpha value is -1.76. The van der Waals surface area contributed by atoms with Crippen LogP contribution in [0.3, 0.4) is 0 Å². The molecule has 0 aliphatic rings. The summed E-state index contributed by atoms with van der Waals surface area (Å²) in [5, 5.41) is 0.163. The van der Waals surface area contributed by atoms with Gasteiger partial charge >= 0.3 is 5.97 Å². The molecule has 2 aromatic carbocycles. The van der Waals surface area contributed by atoms with Gasteiger partial charge in [-0.05, 0) is 30.3 Å². The second-order valence-corrected chi connectivity index (χ2v) is 6.69. The Morgan fingerprint density at radius 1 is 1.09 bits per heavy atom. The molecule has 2 rings (SSSR count). The van der Waals surface area contributed by atoms with Crippen molar-refractivity contribution in [3.8, 4) is 0 Å². The van der Waals surface area contributed by atoms with Gasteiger partial charge in [0.25, 0.3) is 10.0 Å². The van der Waals surface area contributed by atoms with Crippen molar-refractivity contribution in [3.05, 3.63) is 58.1 Å². The Balaban J connectivity index is 2.38. The van der Waals surface area contributed by atoms with Crippen molar-refractivity contribution in [3.63, 3.8) is 0 Å². The van der Waals surface area contributed by atoms with Crippen LogP contribution in [0.5, 0.6) is 0 Å². The lowest BCUT2D eigenvalue weighted by Crippen LogP contribution is -2.14. The van der Waals surface area contributed by atoms with Gasteiger partial charge in [0.2, 0.25) is 0 Å². The lowest BCUT2D eigenvalue weighted by atomic mass is 10.2. The SMILES string of the molecule is COC(=O)c1ccc(S(=O)(=O)Nc2ccccc2Cl)c(Cl)c1. The number of halogens is 2. The molecular formula is C14H11Cl2NO4S. The van der Waals surface area contributed by atoms with Crippen LogP contribution in [0.2, 0.25) is 10.0 Å². The van der Waals surface area contributed by atoms with Crippen LogP contribution in [0.1, 0.15) is 10.4 Å². The Morgan fingerprint density at radius 2 is 1.77 bits per heavy atom. The second-order valence-electron chi connectivity index (χ2n) is 4.22. The van der Waals surface area contributed by atoms with Crippen LogP contribution in [0.15, 0.2) is 47.4 Å². The van der Waals surface area contributed by atoms with Crippen molar-refractivity contribution < 1.29 is 17.9 Å². The Morgan fingerprint density at radius 3 is 2.36 bits per heavy atom. The average molecular weight is 360 g/mol. The molecule has 0 aliphatic heterocycles. The topological polar surface area (TPSA) is 72.5 Å². The minimum absolute atomic E-state index is 0.0950. The summed E-state index contributed by atoms with van der Waals surface area (Å²) in [5.74, 6) is -0.607.